The van der Waals surface area contributed by atoms with Crippen molar-refractivity contribution in [2.75, 3.05) is 12.0 Å². The smallest absolute Gasteiger partial charge is 0.343 e. The Bertz CT molecular complexity index is 667. The second-order valence-electron chi connectivity index (χ2n) is 4.18. The number of nitrogens with one attached hydrogen (secondary N) is 2. The van der Waals surface area contributed by atoms with Crippen LogP contribution in [0, 0.1) is 6.92 Å². The van der Waals surface area contributed by atoms with Gasteiger partial charge in [-0.25, -0.2) is 4.79 Å². The summed E-state index contributed by atoms with van der Waals surface area (Å²) in [5.74, 6) is -0.131. The molecule has 110 valence electrons. The molecule has 0 saturated carbocycles. The summed E-state index contributed by atoms with van der Waals surface area (Å²) in [5.41, 5.74) is 4.43. The summed E-state index contributed by atoms with van der Waals surface area (Å²) in [4.78, 5) is 11.8. The molecule has 0 unspecified atom stereocenters. The van der Waals surface area contributed by atoms with Gasteiger partial charge in [-0.05, 0) is 19.9 Å². The SMILES string of the molecule is CCOC(=O)c1c(N/N=C\c2ccccc2Cl)n[nH]c1C. The standard InChI is InChI=1S/C14H15ClN4O2/c1-3-21-14(20)12-9(2)17-19-13(12)18-16-8-10-6-4-5-7-11(10)15/h4-8H,3H2,1-2H3,(H2,17,18,19)/b16-8-. The average Bonchev–Trinajstić information content (AvgIpc) is 2.82. The predicted octanol–water partition coefficient (Wildman–Crippen LogP) is 2.99. The van der Waals surface area contributed by atoms with Crippen LogP contribution in [0.4, 0.5) is 5.82 Å². The minimum absolute atomic E-state index is 0.297. The molecule has 0 aliphatic carbocycles. The van der Waals surface area contributed by atoms with E-state index in [0.29, 0.717) is 28.7 Å². The van der Waals surface area contributed by atoms with Crippen LogP contribution in [0.3, 0.4) is 0 Å². The van der Waals surface area contributed by atoms with E-state index in [0.717, 1.165) is 5.56 Å². The van der Waals surface area contributed by atoms with Crippen LogP contribution in [0.1, 0.15) is 28.5 Å². The first-order valence-electron chi connectivity index (χ1n) is 6.39. The Morgan fingerprint density at radius 1 is 1.52 bits per heavy atom. The third-order valence-corrected chi connectivity index (χ3v) is 3.05. The Morgan fingerprint density at radius 2 is 2.29 bits per heavy atom. The molecule has 0 radical (unpaired) electrons. The van der Waals surface area contributed by atoms with E-state index in [9.17, 15) is 4.79 Å². The second-order valence-corrected chi connectivity index (χ2v) is 4.59. The van der Waals surface area contributed by atoms with Crippen molar-refractivity contribution < 1.29 is 9.53 Å². The Hall–Kier alpha value is -2.34. The van der Waals surface area contributed by atoms with Crippen molar-refractivity contribution in [3.05, 3.63) is 46.1 Å². The summed E-state index contributed by atoms with van der Waals surface area (Å²) >= 11 is 6.02. The maximum absolute atomic E-state index is 11.8. The summed E-state index contributed by atoms with van der Waals surface area (Å²) < 4.78 is 4.98. The lowest BCUT2D eigenvalue weighted by Crippen LogP contribution is -2.08. The third kappa shape index (κ3) is 3.61. The van der Waals surface area contributed by atoms with Crippen LogP contribution in [-0.2, 0) is 4.74 Å². The van der Waals surface area contributed by atoms with Gasteiger partial charge >= 0.3 is 5.97 Å². The molecule has 0 fully saturated rings. The fourth-order valence-electron chi connectivity index (χ4n) is 1.71. The molecule has 0 atom stereocenters. The molecule has 0 saturated heterocycles. The van der Waals surface area contributed by atoms with E-state index in [4.69, 9.17) is 16.3 Å². The molecule has 6 nitrogen and oxygen atoms in total. The molecule has 1 aromatic carbocycles. The number of hydrogen-bond acceptors (Lipinski definition) is 5. The van der Waals surface area contributed by atoms with Crippen LogP contribution in [-0.4, -0.2) is 29.0 Å². The molecule has 7 heteroatoms. The number of rotatable bonds is 5. The van der Waals surface area contributed by atoms with Gasteiger partial charge in [0.25, 0.3) is 0 Å². The average molecular weight is 307 g/mol. The van der Waals surface area contributed by atoms with Crippen LogP contribution < -0.4 is 5.43 Å². The second kappa shape index (κ2) is 6.90. The summed E-state index contributed by atoms with van der Waals surface area (Å²) in [5, 5.41) is 11.3. The van der Waals surface area contributed by atoms with E-state index in [1.165, 1.54) is 0 Å². The molecule has 0 bridgehead atoms. The first-order chi connectivity index (χ1) is 10.1. The van der Waals surface area contributed by atoms with Gasteiger partial charge in [0.05, 0.1) is 12.8 Å². The van der Waals surface area contributed by atoms with Gasteiger partial charge in [0.1, 0.15) is 5.56 Å². The Labute approximate surface area is 127 Å². The van der Waals surface area contributed by atoms with Crippen LogP contribution in [0.5, 0.6) is 0 Å². The number of halogens is 1. The number of aromatic amines is 1. The minimum Gasteiger partial charge on any atom is -0.462 e. The number of esters is 1. The number of hydrogen-bond donors (Lipinski definition) is 2. The fraction of sp³-hybridized carbons (Fsp3) is 0.214. The molecular weight excluding hydrogens is 292 g/mol. The van der Waals surface area contributed by atoms with E-state index in [1.54, 1.807) is 26.1 Å². The van der Waals surface area contributed by atoms with E-state index in [1.807, 2.05) is 18.2 Å². The number of aromatic nitrogens is 2. The number of nitrogens with zero attached hydrogens (tertiary/aromatic N) is 2. The van der Waals surface area contributed by atoms with Crippen molar-refractivity contribution in [1.29, 1.82) is 0 Å². The lowest BCUT2D eigenvalue weighted by molar-refractivity contribution is 0.0526. The fourth-order valence-corrected chi connectivity index (χ4v) is 1.89. The highest BCUT2D eigenvalue weighted by molar-refractivity contribution is 6.33. The van der Waals surface area contributed by atoms with Crippen molar-refractivity contribution >= 4 is 29.6 Å². The molecule has 2 aromatic rings. The quantitative estimate of drug-likeness (QED) is 0.505. The lowest BCUT2D eigenvalue weighted by atomic mass is 10.2. The van der Waals surface area contributed by atoms with E-state index >= 15 is 0 Å². The first-order valence-corrected chi connectivity index (χ1v) is 6.77. The number of H-pyrrole nitrogens is 1. The summed E-state index contributed by atoms with van der Waals surface area (Å²) in [7, 11) is 0. The van der Waals surface area contributed by atoms with Gasteiger partial charge in [-0.1, -0.05) is 29.8 Å². The summed E-state index contributed by atoms with van der Waals surface area (Å²) in [6, 6.07) is 7.29. The molecular formula is C14H15ClN4O2. The van der Waals surface area contributed by atoms with Crippen LogP contribution in [0.2, 0.25) is 5.02 Å². The van der Waals surface area contributed by atoms with Gasteiger partial charge in [-0.15, -0.1) is 0 Å². The molecule has 1 heterocycles. The van der Waals surface area contributed by atoms with Crippen molar-refractivity contribution in [1.82, 2.24) is 10.2 Å². The predicted molar refractivity (Wildman–Crippen MR) is 81.9 cm³/mol. The number of anilines is 1. The zero-order chi connectivity index (χ0) is 15.2. The van der Waals surface area contributed by atoms with Gasteiger partial charge in [0.2, 0.25) is 0 Å². The maximum atomic E-state index is 11.8. The minimum atomic E-state index is -0.445. The molecule has 21 heavy (non-hydrogen) atoms. The van der Waals surface area contributed by atoms with Crippen LogP contribution in [0.15, 0.2) is 29.4 Å². The molecule has 1 aromatic heterocycles. The normalized spacial score (nSPS) is 10.8. The van der Waals surface area contributed by atoms with E-state index < -0.39 is 5.97 Å². The molecule has 0 aliphatic rings. The van der Waals surface area contributed by atoms with Gasteiger partial charge < -0.3 is 4.74 Å². The molecule has 2 N–H and O–H groups in total. The maximum Gasteiger partial charge on any atom is 0.343 e. The Morgan fingerprint density at radius 3 is 3.00 bits per heavy atom. The molecule has 0 spiro atoms. The lowest BCUT2D eigenvalue weighted by Gasteiger charge is -2.03. The Kier molecular flexibility index (Phi) is 4.94. The zero-order valence-electron chi connectivity index (χ0n) is 11.7. The van der Waals surface area contributed by atoms with Crippen molar-refractivity contribution in [2.24, 2.45) is 5.10 Å². The number of hydrazone groups is 1. The molecule has 0 amide bonds. The van der Waals surface area contributed by atoms with Crippen LogP contribution >= 0.6 is 11.6 Å². The first kappa shape index (κ1) is 15.1. The highest BCUT2D eigenvalue weighted by Gasteiger charge is 2.18. The Balaban J connectivity index is 2.14. The van der Waals surface area contributed by atoms with Gasteiger partial charge in [0.15, 0.2) is 5.82 Å². The van der Waals surface area contributed by atoms with Gasteiger partial charge in [0, 0.05) is 16.3 Å². The van der Waals surface area contributed by atoms with Crippen LogP contribution in [0.25, 0.3) is 0 Å². The zero-order valence-corrected chi connectivity index (χ0v) is 12.4. The van der Waals surface area contributed by atoms with Crippen molar-refractivity contribution in [3.63, 3.8) is 0 Å². The molecule has 2 rings (SSSR count). The highest BCUT2D eigenvalue weighted by Crippen LogP contribution is 2.17. The van der Waals surface area contributed by atoms with Crippen molar-refractivity contribution in [3.8, 4) is 0 Å². The monoisotopic (exact) mass is 306 g/mol. The third-order valence-electron chi connectivity index (χ3n) is 2.71. The number of ether oxygens (including phenoxy) is 1. The number of carbonyl (C=O) groups is 1. The highest BCUT2D eigenvalue weighted by atomic mass is 35.5. The number of benzene rings is 1. The topological polar surface area (TPSA) is 79.4 Å². The molecule has 0 aliphatic heterocycles. The van der Waals surface area contributed by atoms with Crippen molar-refractivity contribution in [2.45, 2.75) is 13.8 Å². The van der Waals surface area contributed by atoms with E-state index in [2.05, 4.69) is 20.7 Å². The summed E-state index contributed by atoms with van der Waals surface area (Å²) in [6.07, 6.45) is 1.56. The number of carbonyl (C=O) groups excluding carboxylic acids is 1. The van der Waals surface area contributed by atoms with Gasteiger partial charge in [-0.2, -0.15) is 10.2 Å². The van der Waals surface area contributed by atoms with E-state index in [-0.39, 0.29) is 0 Å². The summed E-state index contributed by atoms with van der Waals surface area (Å²) in [6.45, 7) is 3.78. The number of aryl methyl sites for hydroxylation is 1. The van der Waals surface area contributed by atoms with Gasteiger partial charge in [-0.3, -0.25) is 10.5 Å². The largest absolute Gasteiger partial charge is 0.462 e.